The molecular formula is C29H28FNO7. The quantitative estimate of drug-likeness (QED) is 0.263. The number of aliphatic hydroxyl groups is 1. The van der Waals surface area contributed by atoms with Gasteiger partial charge >= 0.3 is 0 Å². The van der Waals surface area contributed by atoms with Gasteiger partial charge < -0.3 is 24.1 Å². The number of anilines is 1. The monoisotopic (exact) mass is 521 g/mol. The van der Waals surface area contributed by atoms with Crippen LogP contribution >= 0.6 is 0 Å². The molecule has 0 spiro atoms. The number of Topliss-reactive ketones (excluding diaryl/α,β-unsaturated/α-hetero) is 1. The third-order valence-electron chi connectivity index (χ3n) is 6.41. The summed E-state index contributed by atoms with van der Waals surface area (Å²) < 4.78 is 36.2. The van der Waals surface area contributed by atoms with Crippen molar-refractivity contribution in [2.24, 2.45) is 0 Å². The molecule has 4 rings (SSSR count). The van der Waals surface area contributed by atoms with Crippen molar-refractivity contribution in [1.29, 1.82) is 0 Å². The van der Waals surface area contributed by atoms with E-state index in [0.29, 0.717) is 17.1 Å². The number of benzene rings is 3. The summed E-state index contributed by atoms with van der Waals surface area (Å²) in [6.07, 6.45) is 0. The van der Waals surface area contributed by atoms with Gasteiger partial charge in [-0.15, -0.1) is 0 Å². The highest BCUT2D eigenvalue weighted by atomic mass is 19.1. The smallest absolute Gasteiger partial charge is 0.300 e. The van der Waals surface area contributed by atoms with Crippen LogP contribution in [0.4, 0.5) is 10.1 Å². The first kappa shape index (κ1) is 26.5. The fourth-order valence-electron chi connectivity index (χ4n) is 4.85. The molecule has 1 heterocycles. The number of carbonyl (C=O) groups is 2. The molecule has 1 aliphatic rings. The van der Waals surface area contributed by atoms with Crippen LogP contribution in [0.5, 0.6) is 23.0 Å². The van der Waals surface area contributed by atoms with Gasteiger partial charge in [0, 0.05) is 5.69 Å². The van der Waals surface area contributed by atoms with Crippen LogP contribution in [-0.2, 0) is 9.59 Å². The Bertz CT molecular complexity index is 1440. The number of aryl methyl sites for hydroxylation is 2. The highest BCUT2D eigenvalue weighted by molar-refractivity contribution is 6.51. The molecule has 1 atom stereocenters. The minimum Gasteiger partial charge on any atom is -0.507 e. The second-order valence-corrected chi connectivity index (χ2v) is 8.77. The third-order valence-corrected chi connectivity index (χ3v) is 6.41. The van der Waals surface area contributed by atoms with Gasteiger partial charge in [-0.3, -0.25) is 14.5 Å². The molecule has 38 heavy (non-hydrogen) atoms. The minimum absolute atomic E-state index is 0.136. The predicted octanol–water partition coefficient (Wildman–Crippen LogP) is 5.10. The van der Waals surface area contributed by atoms with Gasteiger partial charge in [0.1, 0.15) is 17.3 Å². The molecule has 0 aliphatic carbocycles. The number of methoxy groups -OCH3 is 4. The van der Waals surface area contributed by atoms with E-state index in [1.54, 1.807) is 18.2 Å². The van der Waals surface area contributed by atoms with Crippen LogP contribution in [-0.4, -0.2) is 45.2 Å². The van der Waals surface area contributed by atoms with Crippen LogP contribution < -0.4 is 23.8 Å². The lowest BCUT2D eigenvalue weighted by atomic mass is 9.93. The van der Waals surface area contributed by atoms with E-state index in [0.717, 1.165) is 22.1 Å². The van der Waals surface area contributed by atoms with E-state index in [9.17, 15) is 19.1 Å². The lowest BCUT2D eigenvalue weighted by molar-refractivity contribution is -0.132. The summed E-state index contributed by atoms with van der Waals surface area (Å²) >= 11 is 0. The van der Waals surface area contributed by atoms with Crippen molar-refractivity contribution >= 4 is 23.1 Å². The Morgan fingerprint density at radius 3 is 2.05 bits per heavy atom. The predicted molar refractivity (Wildman–Crippen MR) is 140 cm³/mol. The Morgan fingerprint density at radius 2 is 1.50 bits per heavy atom. The summed E-state index contributed by atoms with van der Waals surface area (Å²) in [5.41, 5.74) is 2.10. The fourth-order valence-corrected chi connectivity index (χ4v) is 4.85. The zero-order valence-corrected chi connectivity index (χ0v) is 21.9. The number of hydrogen-bond acceptors (Lipinski definition) is 7. The SMILES string of the molecule is COc1cc(C2/C(=C(\O)c3cc(C)cc(C)c3OC)C(=O)C(=O)N2c2cccc(F)c2)cc(OC)c1OC. The van der Waals surface area contributed by atoms with Crippen LogP contribution in [0.1, 0.15) is 28.3 Å². The van der Waals surface area contributed by atoms with E-state index in [-0.39, 0.29) is 28.3 Å². The normalized spacial score (nSPS) is 16.5. The van der Waals surface area contributed by atoms with Crippen molar-refractivity contribution < 1.29 is 38.0 Å². The average molecular weight is 522 g/mol. The summed E-state index contributed by atoms with van der Waals surface area (Å²) in [6.45, 7) is 3.65. The lowest BCUT2D eigenvalue weighted by Crippen LogP contribution is -2.29. The van der Waals surface area contributed by atoms with Crippen LogP contribution in [0.25, 0.3) is 5.76 Å². The highest BCUT2D eigenvalue weighted by Gasteiger charge is 2.48. The van der Waals surface area contributed by atoms with Crippen molar-refractivity contribution in [3.8, 4) is 23.0 Å². The van der Waals surface area contributed by atoms with Gasteiger partial charge in [0.25, 0.3) is 11.7 Å². The standard InChI is InChI=1S/C29H28FNO7/c1-15-10-16(2)27(37-5)20(11-15)25(32)23-24(17-12-21(35-3)28(38-6)22(13-17)36-4)31(29(34)26(23)33)19-9-7-8-18(30)14-19/h7-14,24,32H,1-6H3/b25-23+. The van der Waals surface area contributed by atoms with Crippen LogP contribution in [0.3, 0.4) is 0 Å². The number of rotatable bonds is 7. The van der Waals surface area contributed by atoms with Gasteiger partial charge in [-0.1, -0.05) is 12.1 Å². The number of hydrogen-bond donors (Lipinski definition) is 1. The molecule has 1 aliphatic heterocycles. The molecule has 1 saturated heterocycles. The number of nitrogens with zero attached hydrogens (tertiary/aromatic N) is 1. The molecule has 3 aromatic rings. The molecule has 0 bridgehead atoms. The third kappa shape index (κ3) is 4.40. The molecule has 198 valence electrons. The van der Waals surface area contributed by atoms with Crippen molar-refractivity contribution in [3.05, 3.63) is 82.2 Å². The van der Waals surface area contributed by atoms with E-state index >= 15 is 0 Å². The Morgan fingerprint density at radius 1 is 0.868 bits per heavy atom. The van der Waals surface area contributed by atoms with Crippen molar-refractivity contribution in [3.63, 3.8) is 0 Å². The van der Waals surface area contributed by atoms with Gasteiger partial charge in [-0.05, 0) is 66.9 Å². The molecule has 9 heteroatoms. The van der Waals surface area contributed by atoms with Crippen molar-refractivity contribution in [2.45, 2.75) is 19.9 Å². The van der Waals surface area contributed by atoms with Gasteiger partial charge in [0.05, 0.1) is 45.6 Å². The maximum absolute atomic E-state index is 14.3. The Balaban J connectivity index is 2.08. The second kappa shape index (κ2) is 10.5. The maximum atomic E-state index is 14.3. The average Bonchev–Trinajstić information content (AvgIpc) is 3.17. The van der Waals surface area contributed by atoms with Gasteiger partial charge in [0.15, 0.2) is 11.5 Å². The molecule has 1 amide bonds. The van der Waals surface area contributed by atoms with Crippen LogP contribution in [0.2, 0.25) is 0 Å². The number of ketones is 1. The van der Waals surface area contributed by atoms with Gasteiger partial charge in [-0.25, -0.2) is 4.39 Å². The summed E-state index contributed by atoms with van der Waals surface area (Å²) in [5, 5.41) is 11.6. The number of halogens is 1. The molecule has 8 nitrogen and oxygen atoms in total. The largest absolute Gasteiger partial charge is 0.507 e. The molecule has 1 fully saturated rings. The summed E-state index contributed by atoms with van der Waals surface area (Å²) in [5.74, 6) is -1.68. The number of ether oxygens (including phenoxy) is 4. The molecule has 0 radical (unpaired) electrons. The van der Waals surface area contributed by atoms with E-state index < -0.39 is 29.3 Å². The number of amides is 1. The molecule has 1 unspecified atom stereocenters. The molecule has 1 N–H and O–H groups in total. The summed E-state index contributed by atoms with van der Waals surface area (Å²) in [6, 6.07) is 10.9. The number of aliphatic hydroxyl groups excluding tert-OH is 1. The maximum Gasteiger partial charge on any atom is 0.300 e. The zero-order valence-electron chi connectivity index (χ0n) is 21.9. The fraction of sp³-hybridized carbons (Fsp3) is 0.241. The summed E-state index contributed by atoms with van der Waals surface area (Å²) in [7, 11) is 5.78. The minimum atomic E-state index is -1.16. The lowest BCUT2D eigenvalue weighted by Gasteiger charge is -2.27. The topological polar surface area (TPSA) is 94.5 Å². The van der Waals surface area contributed by atoms with E-state index in [2.05, 4.69) is 0 Å². The Labute approximate surface area is 219 Å². The van der Waals surface area contributed by atoms with Crippen LogP contribution in [0, 0.1) is 19.7 Å². The van der Waals surface area contributed by atoms with Crippen molar-refractivity contribution in [2.75, 3.05) is 33.3 Å². The van der Waals surface area contributed by atoms with Crippen LogP contribution in [0.15, 0.2) is 54.1 Å². The molecule has 0 saturated carbocycles. The van der Waals surface area contributed by atoms with Gasteiger partial charge in [0.2, 0.25) is 5.75 Å². The first-order chi connectivity index (χ1) is 18.2. The highest BCUT2D eigenvalue weighted by Crippen LogP contribution is 2.48. The zero-order chi connectivity index (χ0) is 27.7. The second-order valence-electron chi connectivity index (χ2n) is 8.77. The summed E-state index contributed by atoms with van der Waals surface area (Å²) in [4.78, 5) is 28.1. The molecular weight excluding hydrogens is 493 g/mol. The van der Waals surface area contributed by atoms with E-state index in [1.165, 1.54) is 46.6 Å². The van der Waals surface area contributed by atoms with E-state index in [1.807, 2.05) is 19.9 Å². The molecule has 0 aromatic heterocycles. The number of carbonyl (C=O) groups excluding carboxylic acids is 2. The van der Waals surface area contributed by atoms with Crippen molar-refractivity contribution in [1.82, 2.24) is 0 Å². The Kier molecular flexibility index (Phi) is 7.30. The van der Waals surface area contributed by atoms with Gasteiger partial charge in [-0.2, -0.15) is 0 Å². The first-order valence-corrected chi connectivity index (χ1v) is 11.7. The molecule has 3 aromatic carbocycles. The first-order valence-electron chi connectivity index (χ1n) is 11.7. The Hall–Kier alpha value is -4.53. The van der Waals surface area contributed by atoms with E-state index in [4.69, 9.17) is 18.9 Å².